The van der Waals surface area contributed by atoms with Gasteiger partial charge in [0.05, 0.1) is 10.9 Å². The predicted molar refractivity (Wildman–Crippen MR) is 155 cm³/mol. The molecule has 0 bridgehead atoms. The lowest BCUT2D eigenvalue weighted by atomic mass is 10.0. The van der Waals surface area contributed by atoms with E-state index in [-0.39, 0.29) is 34.5 Å². The summed E-state index contributed by atoms with van der Waals surface area (Å²) in [5.74, 6) is -1.14. The molecule has 0 saturated heterocycles. The van der Waals surface area contributed by atoms with Crippen LogP contribution in [-0.2, 0) is 10.9 Å². The Morgan fingerprint density at radius 3 is 2.31 bits per heavy atom. The maximum atomic E-state index is 15.1. The van der Waals surface area contributed by atoms with Crippen molar-refractivity contribution < 1.29 is 18.0 Å². The second kappa shape index (κ2) is 11.9. The highest BCUT2D eigenvalue weighted by Gasteiger charge is 2.41. The Bertz CT molecular complexity index is 1490. The van der Waals surface area contributed by atoms with Crippen molar-refractivity contribution in [1.29, 1.82) is 0 Å². The number of hydrogen-bond acceptors (Lipinski definition) is 2. The molecule has 198 valence electrons. The van der Waals surface area contributed by atoms with Crippen molar-refractivity contribution in [2.75, 3.05) is 0 Å². The Balaban J connectivity index is 1.36. The number of rotatable bonds is 7. The lowest BCUT2D eigenvalue weighted by Crippen LogP contribution is -2.30. The lowest BCUT2D eigenvalue weighted by Gasteiger charge is -2.26. The number of carbonyl (C=O) groups excluding carboxylic acids is 1. The van der Waals surface area contributed by atoms with Gasteiger partial charge in [-0.3, -0.25) is 4.79 Å². The van der Waals surface area contributed by atoms with E-state index in [0.29, 0.717) is 22.4 Å². The number of hydrogen-bond donors (Lipinski definition) is 0. The van der Waals surface area contributed by atoms with Crippen LogP contribution in [0.15, 0.2) is 129 Å². The van der Waals surface area contributed by atoms with Gasteiger partial charge in [-0.1, -0.05) is 62.0 Å². The third-order valence-corrected chi connectivity index (χ3v) is 10.7. The largest absolute Gasteiger partial charge is 0.289 e. The summed E-state index contributed by atoms with van der Waals surface area (Å²) in [5.41, 5.74) is 0.834. The van der Waals surface area contributed by atoms with Gasteiger partial charge in [0.1, 0.15) is 22.4 Å². The van der Waals surface area contributed by atoms with Crippen molar-refractivity contribution >= 4 is 28.4 Å². The van der Waals surface area contributed by atoms with Crippen LogP contribution in [0.5, 0.6) is 0 Å². The fourth-order valence-corrected chi connectivity index (χ4v) is 8.53. The highest BCUT2D eigenvalue weighted by Crippen LogP contribution is 2.42. The zero-order valence-electron chi connectivity index (χ0n) is 21.6. The predicted octanol–water partition coefficient (Wildman–Crippen LogP) is 9.20. The van der Waals surface area contributed by atoms with Crippen molar-refractivity contribution in [2.24, 2.45) is 11.8 Å². The molecule has 39 heavy (non-hydrogen) atoms. The van der Waals surface area contributed by atoms with E-state index in [9.17, 15) is 13.6 Å². The second-order valence-electron chi connectivity index (χ2n) is 9.78. The van der Waals surface area contributed by atoms with Crippen LogP contribution in [0.2, 0.25) is 0 Å². The van der Waals surface area contributed by atoms with Crippen molar-refractivity contribution in [3.8, 4) is 0 Å². The first-order chi connectivity index (χ1) is 18.8. The molecular formula is C33H28F3OS2+. The molecule has 2 aliphatic rings. The number of allylic oxidation sites excluding steroid dienone is 6. The van der Waals surface area contributed by atoms with E-state index in [2.05, 4.69) is 19.1 Å². The van der Waals surface area contributed by atoms with Crippen LogP contribution in [0.3, 0.4) is 0 Å². The molecule has 0 aromatic heterocycles. The standard InChI is InChI=1S/C33H28F3OS2/c1-21-19-28(14-15-29(21)35)39(27-12-9-25(34)10-13-27)32-17-11-26(18-22(32)2)38-31-16-8-24(20-30(31)36)33(37)23-6-4-3-5-7-23/h3-18,20-22,32H,19H2,1-2H3/q+1. The normalized spacial score (nSPS) is 21.6. The van der Waals surface area contributed by atoms with Gasteiger partial charge in [-0.15, -0.1) is 0 Å². The van der Waals surface area contributed by atoms with E-state index >= 15 is 4.39 Å². The molecule has 0 N–H and O–H groups in total. The molecule has 0 amide bonds. The quantitative estimate of drug-likeness (QED) is 0.211. The Kier molecular flexibility index (Phi) is 8.34. The van der Waals surface area contributed by atoms with Crippen LogP contribution in [0, 0.1) is 23.5 Å². The first-order valence-electron chi connectivity index (χ1n) is 12.8. The highest BCUT2D eigenvalue weighted by molar-refractivity contribution is 8.03. The number of carbonyl (C=O) groups is 1. The van der Waals surface area contributed by atoms with E-state index in [1.54, 1.807) is 42.5 Å². The number of ketones is 1. The van der Waals surface area contributed by atoms with Gasteiger partial charge in [0.15, 0.2) is 15.9 Å². The van der Waals surface area contributed by atoms with Crippen LogP contribution in [0.1, 0.15) is 36.2 Å². The average molecular weight is 562 g/mol. The molecule has 2 aliphatic carbocycles. The van der Waals surface area contributed by atoms with Crippen LogP contribution >= 0.6 is 11.8 Å². The van der Waals surface area contributed by atoms with E-state index in [4.69, 9.17) is 0 Å². The molecule has 5 rings (SSSR count). The Hall–Kier alpha value is -3.22. The number of thioether (sulfide) groups is 1. The van der Waals surface area contributed by atoms with Gasteiger partial charge in [0.2, 0.25) is 0 Å². The Morgan fingerprint density at radius 1 is 0.897 bits per heavy atom. The minimum Gasteiger partial charge on any atom is -0.289 e. The zero-order chi connectivity index (χ0) is 27.5. The van der Waals surface area contributed by atoms with Gasteiger partial charge < -0.3 is 0 Å². The van der Waals surface area contributed by atoms with Crippen LogP contribution in [0.25, 0.3) is 0 Å². The average Bonchev–Trinajstić information content (AvgIpc) is 2.94. The van der Waals surface area contributed by atoms with Crippen LogP contribution in [0.4, 0.5) is 13.2 Å². The molecular weight excluding hydrogens is 533 g/mol. The molecule has 0 saturated carbocycles. The molecule has 0 aliphatic heterocycles. The van der Waals surface area contributed by atoms with Gasteiger partial charge in [0, 0.05) is 39.2 Å². The fourth-order valence-electron chi connectivity index (χ4n) is 4.78. The summed E-state index contributed by atoms with van der Waals surface area (Å²) in [6.45, 7) is 4.01. The fraction of sp³-hybridized carbons (Fsp3) is 0.182. The van der Waals surface area contributed by atoms with E-state index in [1.807, 2.05) is 37.3 Å². The smallest absolute Gasteiger partial charge is 0.193 e. The summed E-state index contributed by atoms with van der Waals surface area (Å²) in [5, 5.41) is 0.100. The SMILES string of the molecule is CC1CC([S+](c2ccc(F)cc2)C2C=CC(Sc3ccc(C(=O)c4ccccc4)cc3F)=CC2C)=CC=C1F. The molecule has 6 heteroatoms. The van der Waals surface area contributed by atoms with E-state index in [1.165, 1.54) is 30.0 Å². The summed E-state index contributed by atoms with van der Waals surface area (Å²) in [7, 11) is -0.396. The molecule has 1 nitrogen and oxygen atoms in total. The summed E-state index contributed by atoms with van der Waals surface area (Å²) in [6.07, 6.45) is 10.3. The van der Waals surface area contributed by atoms with E-state index in [0.717, 1.165) is 14.7 Å². The van der Waals surface area contributed by atoms with E-state index < -0.39 is 16.7 Å². The minimum absolute atomic E-state index is 0.100. The first kappa shape index (κ1) is 27.4. The third-order valence-electron chi connectivity index (χ3n) is 6.88. The van der Waals surface area contributed by atoms with Crippen molar-refractivity contribution in [3.05, 3.63) is 142 Å². The first-order valence-corrected chi connectivity index (χ1v) is 14.9. The summed E-state index contributed by atoms with van der Waals surface area (Å²) < 4.78 is 42.9. The van der Waals surface area contributed by atoms with Gasteiger partial charge in [0.25, 0.3) is 0 Å². The maximum absolute atomic E-state index is 15.1. The van der Waals surface area contributed by atoms with Crippen molar-refractivity contribution in [2.45, 2.75) is 35.3 Å². The molecule has 3 aromatic carbocycles. The molecule has 4 unspecified atom stereocenters. The van der Waals surface area contributed by atoms with Crippen LogP contribution < -0.4 is 0 Å². The van der Waals surface area contributed by atoms with Crippen molar-refractivity contribution in [1.82, 2.24) is 0 Å². The molecule has 0 fully saturated rings. The van der Waals surface area contributed by atoms with Gasteiger partial charge in [-0.05, 0) is 66.8 Å². The summed E-state index contributed by atoms with van der Waals surface area (Å²) in [6, 6.07) is 20.0. The molecule has 0 radical (unpaired) electrons. The zero-order valence-corrected chi connectivity index (χ0v) is 23.2. The molecule has 3 aromatic rings. The monoisotopic (exact) mass is 561 g/mol. The number of benzene rings is 3. The van der Waals surface area contributed by atoms with Crippen LogP contribution in [-0.4, -0.2) is 11.0 Å². The molecule has 0 spiro atoms. The topological polar surface area (TPSA) is 17.1 Å². The van der Waals surface area contributed by atoms with Crippen molar-refractivity contribution in [3.63, 3.8) is 0 Å². The second-order valence-corrected chi connectivity index (χ2v) is 13.1. The Morgan fingerprint density at radius 2 is 1.64 bits per heavy atom. The highest BCUT2D eigenvalue weighted by atomic mass is 32.2. The third kappa shape index (κ3) is 6.18. The lowest BCUT2D eigenvalue weighted by molar-refractivity contribution is 0.103. The maximum Gasteiger partial charge on any atom is 0.193 e. The summed E-state index contributed by atoms with van der Waals surface area (Å²) >= 11 is 1.33. The minimum atomic E-state index is -0.438. The van der Waals surface area contributed by atoms with Gasteiger partial charge >= 0.3 is 0 Å². The van der Waals surface area contributed by atoms with Gasteiger partial charge in [-0.25, -0.2) is 13.2 Å². The van der Waals surface area contributed by atoms with Gasteiger partial charge in [-0.2, -0.15) is 0 Å². The number of halogens is 3. The Labute approximate surface area is 234 Å². The molecule has 4 atom stereocenters. The molecule has 0 heterocycles. The summed E-state index contributed by atoms with van der Waals surface area (Å²) in [4.78, 5) is 16.2.